The first-order chi connectivity index (χ1) is 8.06. The van der Waals surface area contributed by atoms with Gasteiger partial charge in [-0.05, 0) is 38.2 Å². The molecule has 0 aromatic heterocycles. The summed E-state index contributed by atoms with van der Waals surface area (Å²) >= 11 is 0. The van der Waals surface area contributed by atoms with Crippen LogP contribution in [0.3, 0.4) is 0 Å². The first-order valence-electron chi connectivity index (χ1n) is 5.60. The minimum Gasteiger partial charge on any atom is -0.399 e. The van der Waals surface area contributed by atoms with Gasteiger partial charge in [0.2, 0.25) is 0 Å². The first kappa shape index (κ1) is 11.9. The largest absolute Gasteiger partial charge is 0.399 e. The number of likely N-dealkylation sites (N-methyl/N-ethyl adjacent to an activating group) is 1. The Hall–Kier alpha value is -1.62. The molecule has 1 aliphatic rings. The monoisotopic (exact) mass is 237 g/mol. The lowest BCUT2D eigenvalue weighted by atomic mass is 10.1. The molecule has 1 saturated heterocycles. The van der Waals surface area contributed by atoms with Crippen LogP contribution in [0.1, 0.15) is 16.8 Å². The summed E-state index contributed by atoms with van der Waals surface area (Å²) in [6.45, 7) is 1.76. The van der Waals surface area contributed by atoms with Crippen molar-refractivity contribution in [3.8, 4) is 0 Å². The van der Waals surface area contributed by atoms with Crippen molar-refractivity contribution >= 4 is 11.6 Å². The lowest BCUT2D eigenvalue weighted by Gasteiger charge is -2.13. The zero-order valence-corrected chi connectivity index (χ0v) is 9.74. The number of nitrogen functional groups attached to an aromatic ring is 1. The number of carbonyl (C=O) groups excluding carboxylic acids is 1. The Morgan fingerprint density at radius 3 is 2.94 bits per heavy atom. The summed E-state index contributed by atoms with van der Waals surface area (Å²) in [5.74, 6) is -0.948. The molecule has 17 heavy (non-hydrogen) atoms. The fraction of sp³-hybridized carbons (Fsp3) is 0.417. The highest BCUT2D eigenvalue weighted by atomic mass is 19.1. The lowest BCUT2D eigenvalue weighted by molar-refractivity contribution is 0.0934. The van der Waals surface area contributed by atoms with Crippen molar-refractivity contribution in [1.82, 2.24) is 10.2 Å². The number of amides is 1. The summed E-state index contributed by atoms with van der Waals surface area (Å²) in [7, 11) is 2.00. The predicted molar refractivity (Wildman–Crippen MR) is 64.2 cm³/mol. The third-order valence-electron chi connectivity index (χ3n) is 2.96. The van der Waals surface area contributed by atoms with Crippen LogP contribution in [0.25, 0.3) is 0 Å². The molecule has 0 saturated carbocycles. The Morgan fingerprint density at radius 2 is 2.35 bits per heavy atom. The van der Waals surface area contributed by atoms with Crippen molar-refractivity contribution in [3.63, 3.8) is 0 Å². The van der Waals surface area contributed by atoms with E-state index in [4.69, 9.17) is 5.73 Å². The fourth-order valence-corrected chi connectivity index (χ4v) is 2.03. The van der Waals surface area contributed by atoms with Crippen molar-refractivity contribution in [2.24, 2.45) is 0 Å². The van der Waals surface area contributed by atoms with Gasteiger partial charge in [-0.1, -0.05) is 0 Å². The van der Waals surface area contributed by atoms with Crippen LogP contribution in [0.2, 0.25) is 0 Å². The second-order valence-electron chi connectivity index (χ2n) is 4.46. The number of halogens is 1. The van der Waals surface area contributed by atoms with E-state index in [9.17, 15) is 9.18 Å². The maximum atomic E-state index is 13.5. The highest BCUT2D eigenvalue weighted by molar-refractivity contribution is 5.95. The van der Waals surface area contributed by atoms with E-state index in [2.05, 4.69) is 10.2 Å². The first-order valence-corrected chi connectivity index (χ1v) is 5.60. The molecule has 1 atom stereocenters. The summed E-state index contributed by atoms with van der Waals surface area (Å²) in [4.78, 5) is 14.0. The highest BCUT2D eigenvalue weighted by Gasteiger charge is 2.22. The highest BCUT2D eigenvalue weighted by Crippen LogP contribution is 2.13. The van der Waals surface area contributed by atoms with Gasteiger partial charge in [0.25, 0.3) is 5.91 Å². The second kappa shape index (κ2) is 4.71. The van der Waals surface area contributed by atoms with Crippen LogP contribution in [-0.4, -0.2) is 37.0 Å². The summed E-state index contributed by atoms with van der Waals surface area (Å²) in [5.41, 5.74) is 5.80. The standard InChI is InChI=1S/C12H16FN3O/c1-16-5-4-9(7-16)15-12(17)10-3-2-8(14)6-11(10)13/h2-3,6,9H,4-5,7,14H2,1H3,(H,15,17). The number of nitrogens with one attached hydrogen (secondary N) is 1. The molecule has 1 aromatic carbocycles. The third-order valence-corrected chi connectivity index (χ3v) is 2.96. The Labute approximate surface area is 99.6 Å². The number of hydrogen-bond acceptors (Lipinski definition) is 3. The number of nitrogens with zero attached hydrogens (tertiary/aromatic N) is 1. The second-order valence-corrected chi connectivity index (χ2v) is 4.46. The molecular formula is C12H16FN3O. The average molecular weight is 237 g/mol. The molecule has 1 aliphatic heterocycles. The normalized spacial score (nSPS) is 20.5. The van der Waals surface area contributed by atoms with Gasteiger partial charge in [0.15, 0.2) is 0 Å². The summed E-state index contributed by atoms with van der Waals surface area (Å²) in [6.07, 6.45) is 0.902. The summed E-state index contributed by atoms with van der Waals surface area (Å²) in [6, 6.07) is 4.21. The van der Waals surface area contributed by atoms with Gasteiger partial charge in [-0.2, -0.15) is 0 Å². The van der Waals surface area contributed by atoms with Crippen LogP contribution < -0.4 is 11.1 Å². The Morgan fingerprint density at radius 1 is 1.59 bits per heavy atom. The van der Waals surface area contributed by atoms with Gasteiger partial charge in [-0.3, -0.25) is 4.79 Å². The fourth-order valence-electron chi connectivity index (χ4n) is 2.03. The molecule has 5 heteroatoms. The van der Waals surface area contributed by atoms with Crippen molar-refractivity contribution in [1.29, 1.82) is 0 Å². The van der Waals surface area contributed by atoms with Gasteiger partial charge >= 0.3 is 0 Å². The van der Waals surface area contributed by atoms with E-state index in [-0.39, 0.29) is 17.5 Å². The number of rotatable bonds is 2. The molecule has 0 spiro atoms. The number of carbonyl (C=O) groups is 1. The van der Waals surface area contributed by atoms with E-state index in [0.29, 0.717) is 5.69 Å². The van der Waals surface area contributed by atoms with Gasteiger partial charge in [0.1, 0.15) is 5.82 Å². The van der Waals surface area contributed by atoms with Crippen molar-refractivity contribution in [3.05, 3.63) is 29.6 Å². The van der Waals surface area contributed by atoms with Gasteiger partial charge < -0.3 is 16.0 Å². The zero-order valence-electron chi connectivity index (χ0n) is 9.74. The molecule has 1 amide bonds. The van der Waals surface area contributed by atoms with Crippen molar-refractivity contribution in [2.75, 3.05) is 25.9 Å². The summed E-state index contributed by atoms with van der Waals surface area (Å²) < 4.78 is 13.5. The van der Waals surface area contributed by atoms with E-state index >= 15 is 0 Å². The van der Waals surface area contributed by atoms with Crippen LogP contribution in [-0.2, 0) is 0 Å². The molecule has 0 bridgehead atoms. The topological polar surface area (TPSA) is 58.4 Å². The SMILES string of the molecule is CN1CCC(NC(=O)c2ccc(N)cc2F)C1. The van der Waals surface area contributed by atoms with Crippen LogP contribution in [0.15, 0.2) is 18.2 Å². The Balaban J connectivity index is 2.04. The Bertz CT molecular complexity index is 436. The average Bonchev–Trinajstić information content (AvgIpc) is 2.63. The molecular weight excluding hydrogens is 221 g/mol. The molecule has 92 valence electrons. The molecule has 0 aliphatic carbocycles. The van der Waals surface area contributed by atoms with E-state index in [1.807, 2.05) is 7.05 Å². The van der Waals surface area contributed by atoms with Gasteiger partial charge in [0.05, 0.1) is 5.56 Å². The number of likely N-dealkylation sites (tertiary alicyclic amines) is 1. The number of nitrogens with two attached hydrogens (primary N) is 1. The molecule has 1 aromatic rings. The molecule has 2 rings (SSSR count). The quantitative estimate of drug-likeness (QED) is 0.749. The van der Waals surface area contributed by atoms with Gasteiger partial charge in [0, 0.05) is 18.3 Å². The molecule has 4 nitrogen and oxygen atoms in total. The van der Waals surface area contributed by atoms with Crippen molar-refractivity contribution in [2.45, 2.75) is 12.5 Å². The molecule has 0 radical (unpaired) electrons. The van der Waals surface area contributed by atoms with Crippen LogP contribution in [0.4, 0.5) is 10.1 Å². The van der Waals surface area contributed by atoms with E-state index < -0.39 is 5.82 Å². The smallest absolute Gasteiger partial charge is 0.254 e. The summed E-state index contributed by atoms with van der Waals surface area (Å²) in [5, 5.41) is 2.82. The molecule has 1 heterocycles. The van der Waals surface area contributed by atoms with Gasteiger partial charge in [-0.15, -0.1) is 0 Å². The van der Waals surface area contributed by atoms with E-state index in [1.54, 1.807) is 0 Å². The van der Waals surface area contributed by atoms with E-state index in [1.165, 1.54) is 12.1 Å². The van der Waals surface area contributed by atoms with Crippen LogP contribution in [0, 0.1) is 5.82 Å². The molecule has 1 fully saturated rings. The number of benzene rings is 1. The van der Waals surface area contributed by atoms with Crippen molar-refractivity contribution < 1.29 is 9.18 Å². The lowest BCUT2D eigenvalue weighted by Crippen LogP contribution is -2.36. The van der Waals surface area contributed by atoms with Crippen LogP contribution >= 0.6 is 0 Å². The zero-order chi connectivity index (χ0) is 12.4. The maximum Gasteiger partial charge on any atom is 0.254 e. The minimum atomic E-state index is -0.575. The third kappa shape index (κ3) is 2.74. The number of anilines is 1. The molecule has 3 N–H and O–H groups in total. The molecule has 1 unspecified atom stereocenters. The maximum absolute atomic E-state index is 13.5. The minimum absolute atomic E-state index is 0.0498. The van der Waals surface area contributed by atoms with Crippen LogP contribution in [0.5, 0.6) is 0 Å². The van der Waals surface area contributed by atoms with E-state index in [0.717, 1.165) is 25.6 Å². The number of hydrogen-bond donors (Lipinski definition) is 2. The van der Waals surface area contributed by atoms with Gasteiger partial charge in [-0.25, -0.2) is 4.39 Å². The predicted octanol–water partition coefficient (Wildman–Crippen LogP) is 0.842. The Kier molecular flexibility index (Phi) is 3.28.